The molecule has 1 rings (SSSR count). The van der Waals surface area contributed by atoms with E-state index in [4.69, 9.17) is 9.84 Å². The summed E-state index contributed by atoms with van der Waals surface area (Å²) in [6, 6.07) is 0. The fourth-order valence-corrected chi connectivity index (χ4v) is 1.98. The summed E-state index contributed by atoms with van der Waals surface area (Å²) in [6.07, 6.45) is -0.212. The molecule has 1 aromatic rings. The van der Waals surface area contributed by atoms with Crippen LogP contribution in [-0.2, 0) is 9.53 Å². The molecule has 17 heavy (non-hydrogen) atoms. The molecule has 0 saturated carbocycles. The molecule has 1 aromatic heterocycles. The van der Waals surface area contributed by atoms with Crippen molar-refractivity contribution in [1.82, 2.24) is 10.3 Å². The quantitative estimate of drug-likeness (QED) is 0.786. The second-order valence-corrected chi connectivity index (χ2v) is 4.61. The number of nitrogens with zero attached hydrogens (tertiary/aromatic N) is 1. The molecular weight excluding hydrogens is 244 g/mol. The second-order valence-electron chi connectivity index (χ2n) is 3.89. The van der Waals surface area contributed by atoms with Gasteiger partial charge in [0.2, 0.25) is 0 Å². The number of nitrogens with one attached hydrogen (secondary N) is 1. The fraction of sp³-hybridized carbons (Fsp3) is 0.500. The number of carbonyl (C=O) groups excluding carboxylic acids is 1. The zero-order chi connectivity index (χ0) is 12.9. The third-order valence-electron chi connectivity index (χ3n) is 2.08. The Balaban J connectivity index is 2.72. The molecule has 0 fully saturated rings. The van der Waals surface area contributed by atoms with E-state index < -0.39 is 17.4 Å². The first-order valence-electron chi connectivity index (χ1n) is 4.88. The minimum Gasteiger partial charge on any atom is -0.481 e. The summed E-state index contributed by atoms with van der Waals surface area (Å²) in [5.74, 6) is -1.39. The molecule has 0 saturated heterocycles. The molecule has 0 radical (unpaired) electrons. The minimum atomic E-state index is -0.997. The summed E-state index contributed by atoms with van der Waals surface area (Å²) in [5.41, 5.74) is 0.879. The zero-order valence-electron chi connectivity index (χ0n) is 9.60. The van der Waals surface area contributed by atoms with E-state index >= 15 is 0 Å². The van der Waals surface area contributed by atoms with Crippen molar-refractivity contribution in [1.29, 1.82) is 0 Å². The summed E-state index contributed by atoms with van der Waals surface area (Å²) < 4.78 is 4.93. The van der Waals surface area contributed by atoms with E-state index in [1.165, 1.54) is 18.4 Å². The van der Waals surface area contributed by atoms with Gasteiger partial charge in [0.25, 0.3) is 5.91 Å². The average molecular weight is 258 g/mol. The zero-order valence-corrected chi connectivity index (χ0v) is 10.4. The summed E-state index contributed by atoms with van der Waals surface area (Å²) in [5, 5.41) is 13.0. The Hall–Kier alpha value is -1.47. The highest BCUT2D eigenvalue weighted by Gasteiger charge is 2.30. The van der Waals surface area contributed by atoms with Gasteiger partial charge in [0, 0.05) is 12.5 Å². The lowest BCUT2D eigenvalue weighted by molar-refractivity contribution is -0.139. The van der Waals surface area contributed by atoms with E-state index in [1.807, 2.05) is 0 Å². The topological polar surface area (TPSA) is 88.5 Å². The Labute approximate surface area is 103 Å². The normalized spacial score (nSPS) is 14.0. The van der Waals surface area contributed by atoms with Crippen LogP contribution in [0.3, 0.4) is 0 Å². The molecule has 94 valence electrons. The van der Waals surface area contributed by atoms with Crippen molar-refractivity contribution in [3.05, 3.63) is 16.6 Å². The first kappa shape index (κ1) is 13.6. The maximum absolute atomic E-state index is 11.8. The summed E-state index contributed by atoms with van der Waals surface area (Å²) in [7, 11) is 1.45. The number of aliphatic carboxylic acids is 1. The predicted octanol–water partition coefficient (Wildman–Crippen LogP) is 0.753. The maximum atomic E-state index is 11.8. The number of methoxy groups -OCH3 is 1. The van der Waals surface area contributed by atoms with E-state index in [2.05, 4.69) is 10.3 Å². The molecule has 2 N–H and O–H groups in total. The SMILES string of the molecule is COCC(C)(CC(=O)O)NC(=O)c1cscn1. The van der Waals surface area contributed by atoms with Crippen LogP contribution in [0.2, 0.25) is 0 Å². The Morgan fingerprint density at radius 2 is 2.35 bits per heavy atom. The molecule has 7 heteroatoms. The average Bonchev–Trinajstić information content (AvgIpc) is 2.68. The van der Waals surface area contributed by atoms with Gasteiger partial charge in [0.05, 0.1) is 24.1 Å². The lowest BCUT2D eigenvalue weighted by atomic mass is 9.99. The van der Waals surface area contributed by atoms with Crippen molar-refractivity contribution < 1.29 is 19.4 Å². The number of ether oxygens (including phenoxy) is 1. The van der Waals surface area contributed by atoms with E-state index in [9.17, 15) is 9.59 Å². The van der Waals surface area contributed by atoms with E-state index in [0.29, 0.717) is 0 Å². The fourth-order valence-electron chi connectivity index (χ4n) is 1.45. The van der Waals surface area contributed by atoms with Gasteiger partial charge in [-0.05, 0) is 6.92 Å². The molecule has 0 aliphatic carbocycles. The van der Waals surface area contributed by atoms with Crippen LogP contribution < -0.4 is 5.32 Å². The van der Waals surface area contributed by atoms with Gasteiger partial charge in [0.1, 0.15) is 5.69 Å². The van der Waals surface area contributed by atoms with Crippen LogP contribution in [0.25, 0.3) is 0 Å². The van der Waals surface area contributed by atoms with Crippen molar-refractivity contribution >= 4 is 23.2 Å². The van der Waals surface area contributed by atoms with Gasteiger partial charge in [0.15, 0.2) is 0 Å². The molecule has 1 unspecified atom stereocenters. The maximum Gasteiger partial charge on any atom is 0.305 e. The molecule has 0 aliphatic rings. The number of rotatable bonds is 6. The molecule has 0 aromatic carbocycles. The third-order valence-corrected chi connectivity index (χ3v) is 2.67. The van der Waals surface area contributed by atoms with Crippen LogP contribution in [0.1, 0.15) is 23.8 Å². The lowest BCUT2D eigenvalue weighted by Gasteiger charge is -2.28. The van der Waals surface area contributed by atoms with E-state index in [0.717, 1.165) is 0 Å². The molecule has 0 spiro atoms. The number of amides is 1. The van der Waals surface area contributed by atoms with Gasteiger partial charge in [-0.1, -0.05) is 0 Å². The Kier molecular flexibility index (Phi) is 4.59. The molecule has 1 amide bonds. The van der Waals surface area contributed by atoms with E-state index in [1.54, 1.807) is 17.8 Å². The number of aromatic nitrogens is 1. The summed E-state index contributed by atoms with van der Waals surface area (Å²) in [4.78, 5) is 26.4. The van der Waals surface area contributed by atoms with Gasteiger partial charge in [-0.3, -0.25) is 9.59 Å². The molecular formula is C10H14N2O4S. The lowest BCUT2D eigenvalue weighted by Crippen LogP contribution is -2.50. The standard InChI is InChI=1S/C10H14N2O4S/c1-10(5-16-2,3-8(13)14)12-9(15)7-4-17-6-11-7/h4,6H,3,5H2,1-2H3,(H,12,15)(H,13,14). The highest BCUT2D eigenvalue weighted by molar-refractivity contribution is 7.07. The van der Waals surface area contributed by atoms with Crippen LogP contribution in [0.5, 0.6) is 0 Å². The molecule has 0 aliphatic heterocycles. The Morgan fingerprint density at radius 1 is 1.65 bits per heavy atom. The van der Waals surface area contributed by atoms with Crippen molar-refractivity contribution in [2.45, 2.75) is 18.9 Å². The van der Waals surface area contributed by atoms with E-state index in [-0.39, 0.29) is 18.7 Å². The van der Waals surface area contributed by atoms with Gasteiger partial charge in [-0.2, -0.15) is 0 Å². The molecule has 1 atom stereocenters. The van der Waals surface area contributed by atoms with Crippen LogP contribution >= 0.6 is 11.3 Å². The summed E-state index contributed by atoms with van der Waals surface area (Å²) in [6.45, 7) is 1.74. The molecule has 6 nitrogen and oxygen atoms in total. The second kappa shape index (κ2) is 5.74. The van der Waals surface area contributed by atoms with Crippen LogP contribution in [0.4, 0.5) is 0 Å². The van der Waals surface area contributed by atoms with Crippen molar-refractivity contribution in [2.75, 3.05) is 13.7 Å². The number of hydrogen-bond acceptors (Lipinski definition) is 5. The smallest absolute Gasteiger partial charge is 0.305 e. The number of carboxylic acids is 1. The van der Waals surface area contributed by atoms with Crippen LogP contribution in [0.15, 0.2) is 10.9 Å². The van der Waals surface area contributed by atoms with Gasteiger partial charge in [-0.25, -0.2) is 4.98 Å². The van der Waals surface area contributed by atoms with Crippen LogP contribution in [-0.4, -0.2) is 41.2 Å². The first-order chi connectivity index (χ1) is 7.97. The highest BCUT2D eigenvalue weighted by atomic mass is 32.1. The first-order valence-corrected chi connectivity index (χ1v) is 5.82. The van der Waals surface area contributed by atoms with Crippen LogP contribution in [0, 0.1) is 0 Å². The number of carbonyl (C=O) groups is 2. The largest absolute Gasteiger partial charge is 0.481 e. The third kappa shape index (κ3) is 4.12. The monoisotopic (exact) mass is 258 g/mol. The molecule has 0 bridgehead atoms. The van der Waals surface area contributed by atoms with Crippen molar-refractivity contribution in [2.24, 2.45) is 0 Å². The summed E-state index contributed by atoms with van der Waals surface area (Å²) >= 11 is 1.30. The molecule has 1 heterocycles. The number of thiazole rings is 1. The number of hydrogen-bond donors (Lipinski definition) is 2. The highest BCUT2D eigenvalue weighted by Crippen LogP contribution is 2.12. The van der Waals surface area contributed by atoms with Gasteiger partial charge in [-0.15, -0.1) is 11.3 Å². The van der Waals surface area contributed by atoms with Crippen molar-refractivity contribution in [3.63, 3.8) is 0 Å². The Bertz CT molecular complexity index is 393. The predicted molar refractivity (Wildman–Crippen MR) is 62.1 cm³/mol. The number of carboxylic acid groups (broad SMARTS) is 1. The van der Waals surface area contributed by atoms with Gasteiger partial charge >= 0.3 is 5.97 Å². The van der Waals surface area contributed by atoms with Crippen molar-refractivity contribution in [3.8, 4) is 0 Å². The Morgan fingerprint density at radius 3 is 2.82 bits per heavy atom. The minimum absolute atomic E-state index is 0.120. The van der Waals surface area contributed by atoms with Gasteiger partial charge < -0.3 is 15.2 Å².